The molecule has 0 spiro atoms. The molecule has 2 fully saturated rings. The summed E-state index contributed by atoms with van der Waals surface area (Å²) in [6, 6.07) is 31.0. The Morgan fingerprint density at radius 1 is 0.450 bits per heavy atom. The molecule has 0 N–H and O–H groups in total. The lowest BCUT2D eigenvalue weighted by Gasteiger charge is -2.33. The fraction of sp³-hybridized carbons (Fsp3) is 0.229. The summed E-state index contributed by atoms with van der Waals surface area (Å²) in [6.07, 6.45) is 2.90. The Kier molecular flexibility index (Phi) is 23.8. The number of ketones is 2. The van der Waals surface area contributed by atoms with Crippen LogP contribution in [0.25, 0.3) is 0 Å². The molecule has 4 amide bonds. The molecule has 0 aromatic heterocycles. The number of Topliss-reactive ketones (excluding diaryl/α,β-unsaturated/α-hetero) is 2. The van der Waals surface area contributed by atoms with Gasteiger partial charge in [-0.3, -0.25) is 51.5 Å². The van der Waals surface area contributed by atoms with Crippen molar-refractivity contribution in [2.24, 2.45) is 11.8 Å². The lowest BCUT2D eigenvalue weighted by atomic mass is 9.89. The van der Waals surface area contributed by atoms with Crippen molar-refractivity contribution < 1.29 is 94.5 Å². The second-order valence-electron chi connectivity index (χ2n) is 23.4. The number of nitrogens with zero attached hydrogens (tertiary/aromatic N) is 4. The molecule has 30 heteroatoms. The van der Waals surface area contributed by atoms with E-state index in [4.69, 9.17) is 0 Å². The smallest absolute Gasteiger partial charge is 0.762 e. The SMILES string of the molecule is FB(F)F.O=C(c1ccc(F)cc1)C1CCN(CCN2C(=O)Cc3ccc([S+]4c5cc(F)c(F)cc5Sc5cc(F)c(F)cc54)cc3C2=O)CC1.O=C(c1ccc(F)cc1)C1CCN(CCN2C(=O)Cc3ccccc3C2=O)CC1.O=S1c2cc(F)c(F)cc2Sc2cc(F)c(F)cc21.[F-]. The topological polar surface area (TPSA) is 132 Å². The van der Waals surface area contributed by atoms with Gasteiger partial charge in [0, 0.05) is 88.3 Å². The average Bonchev–Trinajstić information content (AvgIpc) is 0.739. The third-order valence-electron chi connectivity index (χ3n) is 17.3. The van der Waals surface area contributed by atoms with E-state index < -0.39 is 87.5 Å². The molecule has 8 aromatic rings. The maximum Gasteiger partial charge on any atom is 0.762 e. The van der Waals surface area contributed by atoms with E-state index >= 15 is 0 Å². The largest absolute Gasteiger partial charge is 1.00 e. The predicted molar refractivity (Wildman–Crippen MR) is 342 cm³/mol. The van der Waals surface area contributed by atoms with Crippen LogP contribution in [-0.4, -0.2) is 119 Å². The number of likely N-dealkylation sites (tertiary alicyclic amines) is 2. The highest BCUT2D eigenvalue weighted by Crippen LogP contribution is 2.50. The molecule has 6 aliphatic heterocycles. The van der Waals surface area contributed by atoms with Gasteiger partial charge in [-0.25, -0.2) is 48.1 Å². The number of fused-ring (bicyclic) bond motifs is 6. The van der Waals surface area contributed by atoms with Gasteiger partial charge < -0.3 is 14.5 Å². The van der Waals surface area contributed by atoms with E-state index in [1.807, 2.05) is 18.2 Å². The summed E-state index contributed by atoms with van der Waals surface area (Å²) < 4.78 is 177. The van der Waals surface area contributed by atoms with Crippen molar-refractivity contribution in [3.05, 3.63) is 231 Å². The first-order chi connectivity index (χ1) is 47.3. The fourth-order valence-corrected chi connectivity index (χ4v) is 18.6. The van der Waals surface area contributed by atoms with Crippen molar-refractivity contribution in [2.75, 3.05) is 52.4 Å². The van der Waals surface area contributed by atoms with Crippen LogP contribution in [0.2, 0.25) is 0 Å². The van der Waals surface area contributed by atoms with Crippen molar-refractivity contribution in [1.82, 2.24) is 19.6 Å². The van der Waals surface area contributed by atoms with E-state index in [0.29, 0.717) is 92.3 Å². The van der Waals surface area contributed by atoms with Crippen LogP contribution in [0.15, 0.2) is 184 Å². The molecular weight excluding hydrogens is 1410 g/mol. The van der Waals surface area contributed by atoms with Crippen molar-refractivity contribution in [2.45, 2.75) is 82.6 Å². The van der Waals surface area contributed by atoms with E-state index in [2.05, 4.69) is 9.80 Å². The first kappa shape index (κ1) is 74.3. The van der Waals surface area contributed by atoms with E-state index in [1.54, 1.807) is 24.3 Å². The van der Waals surface area contributed by atoms with Crippen LogP contribution in [0.1, 0.15) is 78.2 Å². The number of rotatable bonds is 11. The molecule has 2 saturated heterocycles. The molecule has 8 aromatic carbocycles. The summed E-state index contributed by atoms with van der Waals surface area (Å²) >= 11 is 1.94. The average molecular weight is 1470 g/mol. The summed E-state index contributed by atoms with van der Waals surface area (Å²) in [6.45, 7) is 4.21. The van der Waals surface area contributed by atoms with Crippen LogP contribution >= 0.6 is 23.5 Å². The molecule has 14 rings (SSSR count). The van der Waals surface area contributed by atoms with Crippen molar-refractivity contribution >= 4 is 88.0 Å². The maximum absolute atomic E-state index is 14.5. The highest BCUT2D eigenvalue weighted by Gasteiger charge is 2.43. The minimum absolute atomic E-state index is 0. The van der Waals surface area contributed by atoms with Gasteiger partial charge in [0.1, 0.15) is 22.5 Å². The summed E-state index contributed by atoms with van der Waals surface area (Å²) in [5, 5.41) is 0. The number of imide groups is 2. The lowest BCUT2D eigenvalue weighted by Crippen LogP contribution is -3.00. The number of carbonyl (C=O) groups excluding carboxylic acids is 6. The van der Waals surface area contributed by atoms with Gasteiger partial charge in [0.05, 0.1) is 43.2 Å². The van der Waals surface area contributed by atoms with Crippen LogP contribution in [0.3, 0.4) is 0 Å². The van der Waals surface area contributed by atoms with Crippen LogP contribution in [0.5, 0.6) is 0 Å². The molecule has 0 atom stereocenters. The highest BCUT2D eigenvalue weighted by molar-refractivity contribution is 8.04. The number of hydrogen-bond acceptors (Lipinski definition) is 11. The molecule has 0 aliphatic carbocycles. The molecule has 6 heterocycles. The fourth-order valence-electron chi connectivity index (χ4n) is 12.1. The van der Waals surface area contributed by atoms with Crippen molar-refractivity contribution in [3.63, 3.8) is 0 Å². The van der Waals surface area contributed by atoms with Crippen molar-refractivity contribution in [3.8, 4) is 0 Å². The molecule has 0 unspecified atom stereocenters. The zero-order chi connectivity index (χ0) is 70.7. The van der Waals surface area contributed by atoms with Gasteiger partial charge >= 0.3 is 7.54 Å². The number of carbonyl (C=O) groups is 6. The van der Waals surface area contributed by atoms with Gasteiger partial charge in [-0.05, 0) is 160 Å². The number of halogens is 14. The van der Waals surface area contributed by atoms with E-state index in [1.165, 1.54) is 58.3 Å². The first-order valence-corrected chi connectivity index (χ1v) is 34.7. The Balaban J connectivity index is 0.000000173. The number of benzene rings is 8. The molecular formula is C70H53BF14N4O7S4. The third-order valence-corrected chi connectivity index (χ3v) is 23.8. The maximum atomic E-state index is 14.5. The Morgan fingerprint density at radius 2 is 0.810 bits per heavy atom. The molecule has 11 nitrogen and oxygen atoms in total. The second kappa shape index (κ2) is 32.1. The highest BCUT2D eigenvalue weighted by atomic mass is 32.2. The number of amides is 4. The quantitative estimate of drug-likeness (QED) is 0.0403. The van der Waals surface area contributed by atoms with Gasteiger partial charge in [0.15, 0.2) is 72.8 Å². The third kappa shape index (κ3) is 16.6. The Hall–Kier alpha value is -8.42. The Morgan fingerprint density at radius 3 is 1.24 bits per heavy atom. The first-order valence-electron chi connectivity index (χ1n) is 30.6. The zero-order valence-corrected chi connectivity index (χ0v) is 55.2. The van der Waals surface area contributed by atoms with Crippen LogP contribution in [0.4, 0.5) is 56.9 Å². The van der Waals surface area contributed by atoms with Crippen LogP contribution in [0, 0.1) is 70.0 Å². The second-order valence-corrected chi connectivity index (χ2v) is 28.9. The number of piperidine rings is 2. The summed E-state index contributed by atoms with van der Waals surface area (Å²) in [5.74, 6) is -10.9. The molecule has 0 radical (unpaired) electrons. The van der Waals surface area contributed by atoms with Gasteiger partial charge in [-0.15, -0.1) is 0 Å². The van der Waals surface area contributed by atoms with Crippen LogP contribution in [-0.2, 0) is 44.1 Å². The van der Waals surface area contributed by atoms with Gasteiger partial charge in [0.2, 0.25) is 11.8 Å². The minimum atomic E-state index is -3.67. The summed E-state index contributed by atoms with van der Waals surface area (Å²) in [7, 11) is -6.73. The molecule has 0 saturated carbocycles. The van der Waals surface area contributed by atoms with E-state index in [0.717, 1.165) is 104 Å². The predicted octanol–water partition coefficient (Wildman–Crippen LogP) is 11.8. The van der Waals surface area contributed by atoms with Gasteiger partial charge in [0.25, 0.3) is 11.8 Å². The summed E-state index contributed by atoms with van der Waals surface area (Å²) in [4.78, 5) is 86.7. The lowest BCUT2D eigenvalue weighted by molar-refractivity contribution is -0.129. The number of hydrogen-bond donors (Lipinski definition) is 0. The normalized spacial score (nSPS) is 16.2. The monoisotopic (exact) mass is 1470 g/mol. The minimum Gasteiger partial charge on any atom is -1.00 e. The van der Waals surface area contributed by atoms with E-state index in [-0.39, 0.29) is 96.2 Å². The standard InChI is InChI=1S/C35H26F5N2O3S2.C23H23FN2O3.C12H4F4OS2.BF3.FH/c36-22-4-1-19(2-5-22)34(44)20-7-9-41(10-8-20)11-12-42-33(43)13-21-3-6-23(14-24(21)35(42)45)47-31-17-27(39)25(37)15-29(31)46-30-16-26(38)28(40)18-32(30)47;24-19-7-5-16(6-8-19)22(28)17-9-11-25(12-10-17)13-14-26-21(27)15-18-3-1-2-4-20(18)23(26)29;13-5-1-9-11(3-7(5)15)19(17)12-4-8(16)6(14)2-10(12)18-9;2-1(3)4;/h1-6,14-18,20H,7-13H2;1-8,17H,9-15H2;1-4H;;1H/q+1;;;;/p-1. The zero-order valence-electron chi connectivity index (χ0n) is 52.0. The van der Waals surface area contributed by atoms with Gasteiger partial charge in [-0.1, -0.05) is 47.8 Å². The van der Waals surface area contributed by atoms with Crippen LogP contribution < -0.4 is 4.70 Å². The molecule has 0 bridgehead atoms. The molecule has 6 aliphatic rings. The Labute approximate surface area is 576 Å². The van der Waals surface area contributed by atoms with Crippen molar-refractivity contribution in [1.29, 1.82) is 0 Å². The molecule has 520 valence electrons. The van der Waals surface area contributed by atoms with E-state index in [9.17, 15) is 89.8 Å². The van der Waals surface area contributed by atoms with Gasteiger partial charge in [-0.2, -0.15) is 0 Å². The Bertz CT molecular complexity index is 4410. The molecule has 100 heavy (non-hydrogen) atoms. The summed E-state index contributed by atoms with van der Waals surface area (Å²) in [5.41, 5.74) is 3.22.